The van der Waals surface area contributed by atoms with E-state index >= 15 is 0 Å². The van der Waals surface area contributed by atoms with Crippen molar-refractivity contribution in [2.24, 2.45) is 0 Å². The zero-order valence-electron chi connectivity index (χ0n) is 14.6. The van der Waals surface area contributed by atoms with Crippen molar-refractivity contribution in [1.82, 2.24) is 30.8 Å². The molecule has 0 saturated carbocycles. The summed E-state index contributed by atoms with van der Waals surface area (Å²) in [6, 6.07) is 4.21. The summed E-state index contributed by atoms with van der Waals surface area (Å²) in [5, 5.41) is 17.5. The van der Waals surface area contributed by atoms with Crippen LogP contribution in [-0.4, -0.2) is 26.2 Å². The van der Waals surface area contributed by atoms with E-state index in [1.165, 1.54) is 10.9 Å². The first-order chi connectivity index (χ1) is 11.2. The molecule has 24 heavy (non-hydrogen) atoms. The fourth-order valence-electron chi connectivity index (χ4n) is 1.97. The molecule has 0 fully saturated rings. The van der Waals surface area contributed by atoms with Crippen LogP contribution in [0.4, 0.5) is 9.18 Å². The Morgan fingerprint density at radius 2 is 2.08 bits per heavy atom. The number of benzene rings is 1. The molecule has 2 N–H and O–H groups in total. The summed E-state index contributed by atoms with van der Waals surface area (Å²) in [6.45, 7) is 9.53. The number of tetrazole rings is 1. The zero-order chi connectivity index (χ0) is 17.9. The SMILES string of the molecule is Cc1ccc([C@@H](C)NC(=O)NCc2nnn(C(C)(C)C)n2)cc1F. The fourth-order valence-corrected chi connectivity index (χ4v) is 1.97. The van der Waals surface area contributed by atoms with Gasteiger partial charge in [0, 0.05) is 0 Å². The lowest BCUT2D eigenvalue weighted by Crippen LogP contribution is -2.37. The highest BCUT2D eigenvalue weighted by Crippen LogP contribution is 2.16. The summed E-state index contributed by atoms with van der Waals surface area (Å²) in [4.78, 5) is 13.5. The van der Waals surface area contributed by atoms with Crippen LogP contribution in [0.2, 0.25) is 0 Å². The molecule has 1 atom stereocenters. The Kier molecular flexibility index (Phi) is 5.16. The van der Waals surface area contributed by atoms with E-state index < -0.39 is 0 Å². The van der Waals surface area contributed by atoms with Gasteiger partial charge in [0.1, 0.15) is 5.82 Å². The second-order valence-corrected chi connectivity index (χ2v) is 6.72. The predicted molar refractivity (Wildman–Crippen MR) is 87.7 cm³/mol. The minimum atomic E-state index is -0.379. The highest BCUT2D eigenvalue weighted by Gasteiger charge is 2.17. The molecule has 8 heteroatoms. The Labute approximate surface area is 140 Å². The second-order valence-electron chi connectivity index (χ2n) is 6.72. The average Bonchev–Trinajstić information content (AvgIpc) is 2.97. The minimum absolute atomic E-state index is 0.164. The van der Waals surface area contributed by atoms with Gasteiger partial charge in [-0.25, -0.2) is 9.18 Å². The molecule has 0 saturated heterocycles. The van der Waals surface area contributed by atoms with Crippen LogP contribution < -0.4 is 10.6 Å². The molecule has 0 radical (unpaired) electrons. The lowest BCUT2D eigenvalue weighted by atomic mass is 10.1. The van der Waals surface area contributed by atoms with Gasteiger partial charge >= 0.3 is 6.03 Å². The highest BCUT2D eigenvalue weighted by atomic mass is 19.1. The van der Waals surface area contributed by atoms with E-state index in [-0.39, 0.29) is 30.0 Å². The number of carbonyl (C=O) groups excluding carboxylic acids is 1. The van der Waals surface area contributed by atoms with Crippen LogP contribution >= 0.6 is 0 Å². The van der Waals surface area contributed by atoms with Crippen molar-refractivity contribution in [3.63, 3.8) is 0 Å². The minimum Gasteiger partial charge on any atom is -0.332 e. The highest BCUT2D eigenvalue weighted by molar-refractivity contribution is 5.74. The number of aryl methyl sites for hydroxylation is 1. The molecule has 1 aromatic heterocycles. The van der Waals surface area contributed by atoms with E-state index in [1.54, 1.807) is 26.0 Å². The van der Waals surface area contributed by atoms with Gasteiger partial charge in [0.2, 0.25) is 0 Å². The largest absolute Gasteiger partial charge is 0.332 e. The number of aromatic nitrogens is 4. The molecule has 0 aliphatic heterocycles. The van der Waals surface area contributed by atoms with Crippen molar-refractivity contribution in [3.8, 4) is 0 Å². The van der Waals surface area contributed by atoms with Gasteiger partial charge in [0.05, 0.1) is 18.1 Å². The summed E-state index contributed by atoms with van der Waals surface area (Å²) >= 11 is 0. The van der Waals surface area contributed by atoms with E-state index in [0.717, 1.165) is 0 Å². The number of urea groups is 1. The van der Waals surface area contributed by atoms with Crippen LogP contribution in [0.3, 0.4) is 0 Å². The van der Waals surface area contributed by atoms with Gasteiger partial charge in [-0.2, -0.15) is 4.80 Å². The van der Waals surface area contributed by atoms with E-state index in [4.69, 9.17) is 0 Å². The molecule has 7 nitrogen and oxygen atoms in total. The molecule has 0 spiro atoms. The number of hydrogen-bond acceptors (Lipinski definition) is 4. The Bertz CT molecular complexity index is 722. The third-order valence-corrected chi connectivity index (χ3v) is 3.51. The molecule has 1 aromatic carbocycles. The smallest absolute Gasteiger partial charge is 0.315 e. The molecular weight excluding hydrogens is 311 g/mol. The Morgan fingerprint density at radius 1 is 1.38 bits per heavy atom. The van der Waals surface area contributed by atoms with Gasteiger partial charge in [0.25, 0.3) is 0 Å². The monoisotopic (exact) mass is 334 g/mol. The van der Waals surface area contributed by atoms with Gasteiger partial charge in [-0.15, -0.1) is 10.2 Å². The van der Waals surface area contributed by atoms with Crippen molar-refractivity contribution in [3.05, 3.63) is 41.0 Å². The lowest BCUT2D eigenvalue weighted by Gasteiger charge is -2.16. The van der Waals surface area contributed by atoms with Gasteiger partial charge in [0.15, 0.2) is 5.82 Å². The summed E-state index contributed by atoms with van der Waals surface area (Å²) < 4.78 is 13.6. The summed E-state index contributed by atoms with van der Waals surface area (Å²) in [5.74, 6) is 0.138. The van der Waals surface area contributed by atoms with Crippen LogP contribution in [0.1, 0.15) is 50.7 Å². The molecule has 0 bridgehead atoms. The number of halogens is 1. The normalized spacial score (nSPS) is 12.8. The number of amides is 2. The molecule has 1 heterocycles. The van der Waals surface area contributed by atoms with E-state index in [1.807, 2.05) is 20.8 Å². The van der Waals surface area contributed by atoms with Crippen LogP contribution in [0.15, 0.2) is 18.2 Å². The maximum absolute atomic E-state index is 13.6. The third kappa shape index (κ3) is 4.50. The number of rotatable bonds is 4. The van der Waals surface area contributed by atoms with E-state index in [9.17, 15) is 9.18 Å². The molecule has 2 amide bonds. The standard InChI is InChI=1S/C16H23FN6O/c1-10-6-7-12(8-13(10)17)11(2)19-15(24)18-9-14-20-22-23(21-14)16(3,4)5/h6-8,11H,9H2,1-5H3,(H2,18,19,24)/t11-/m1/s1. The van der Waals surface area contributed by atoms with Crippen molar-refractivity contribution in [1.29, 1.82) is 0 Å². The van der Waals surface area contributed by atoms with Crippen LogP contribution in [0.5, 0.6) is 0 Å². The maximum Gasteiger partial charge on any atom is 0.315 e. The third-order valence-electron chi connectivity index (χ3n) is 3.51. The first-order valence-electron chi connectivity index (χ1n) is 7.76. The van der Waals surface area contributed by atoms with Crippen molar-refractivity contribution in [2.75, 3.05) is 0 Å². The first-order valence-corrected chi connectivity index (χ1v) is 7.76. The van der Waals surface area contributed by atoms with Crippen molar-refractivity contribution >= 4 is 6.03 Å². The molecule has 0 aliphatic rings. The second kappa shape index (κ2) is 6.94. The maximum atomic E-state index is 13.6. The molecular formula is C16H23FN6O. The van der Waals surface area contributed by atoms with Gasteiger partial charge in [-0.05, 0) is 57.0 Å². The summed E-state index contributed by atoms with van der Waals surface area (Å²) in [5.41, 5.74) is 1.01. The van der Waals surface area contributed by atoms with Gasteiger partial charge < -0.3 is 10.6 Å². The molecule has 2 aromatic rings. The predicted octanol–water partition coefficient (Wildman–Crippen LogP) is 2.44. The molecule has 0 unspecified atom stereocenters. The Morgan fingerprint density at radius 3 is 2.67 bits per heavy atom. The van der Waals surface area contributed by atoms with E-state index in [0.29, 0.717) is 17.0 Å². The van der Waals surface area contributed by atoms with Crippen LogP contribution in [0, 0.1) is 12.7 Å². The topological polar surface area (TPSA) is 84.7 Å². The van der Waals surface area contributed by atoms with Crippen LogP contribution in [-0.2, 0) is 12.1 Å². The van der Waals surface area contributed by atoms with Crippen LogP contribution in [0.25, 0.3) is 0 Å². The van der Waals surface area contributed by atoms with Crippen molar-refractivity contribution < 1.29 is 9.18 Å². The fraction of sp³-hybridized carbons (Fsp3) is 0.500. The first kappa shape index (κ1) is 17.8. The zero-order valence-corrected chi connectivity index (χ0v) is 14.6. The molecule has 130 valence electrons. The van der Waals surface area contributed by atoms with Gasteiger partial charge in [-0.3, -0.25) is 0 Å². The average molecular weight is 334 g/mol. The lowest BCUT2D eigenvalue weighted by molar-refractivity contribution is 0.237. The molecule has 2 rings (SSSR count). The number of hydrogen-bond donors (Lipinski definition) is 2. The van der Waals surface area contributed by atoms with Crippen molar-refractivity contribution in [2.45, 2.75) is 52.7 Å². The summed E-state index contributed by atoms with van der Waals surface area (Å²) in [6.07, 6.45) is 0. The number of carbonyl (C=O) groups is 1. The summed E-state index contributed by atoms with van der Waals surface area (Å²) in [7, 11) is 0. The van der Waals surface area contributed by atoms with E-state index in [2.05, 4.69) is 26.0 Å². The molecule has 0 aliphatic carbocycles. The quantitative estimate of drug-likeness (QED) is 0.899. The van der Waals surface area contributed by atoms with Gasteiger partial charge in [-0.1, -0.05) is 12.1 Å². The number of nitrogens with one attached hydrogen (secondary N) is 2. The Hall–Kier alpha value is -2.51. The number of nitrogens with zero attached hydrogens (tertiary/aromatic N) is 4. The Balaban J connectivity index is 1.88.